The van der Waals surface area contributed by atoms with Crippen LogP contribution in [0.2, 0.25) is 10.0 Å². The van der Waals surface area contributed by atoms with Gasteiger partial charge in [0, 0.05) is 11.9 Å². The summed E-state index contributed by atoms with van der Waals surface area (Å²) in [6.45, 7) is 5.27. The van der Waals surface area contributed by atoms with E-state index < -0.39 is 18.0 Å². The number of benzene rings is 1. The molecule has 0 aliphatic heterocycles. The Balaban J connectivity index is 2.27. The highest BCUT2D eigenvalue weighted by atomic mass is 35.5. The van der Waals surface area contributed by atoms with Crippen LogP contribution in [0, 0.1) is 0 Å². The predicted molar refractivity (Wildman–Crippen MR) is 96.5 cm³/mol. The zero-order chi connectivity index (χ0) is 17.9. The van der Waals surface area contributed by atoms with Gasteiger partial charge in [-0.2, -0.15) is 0 Å². The second-order valence-corrected chi connectivity index (χ2v) is 6.56. The number of esters is 1. The van der Waals surface area contributed by atoms with Gasteiger partial charge in [0.25, 0.3) is 5.91 Å². The summed E-state index contributed by atoms with van der Waals surface area (Å²) < 4.78 is 10.9. The summed E-state index contributed by atoms with van der Waals surface area (Å²) in [6, 6.07) is 3.39. The SMILES string of the molecule is C=CCNC(=O)[C@@H](C)OC(=O)c1sc2c(Cl)c(OC)ccc2c1Cl. The zero-order valence-electron chi connectivity index (χ0n) is 13.0. The van der Waals surface area contributed by atoms with Gasteiger partial charge in [0.05, 0.1) is 16.8 Å². The van der Waals surface area contributed by atoms with Gasteiger partial charge in [-0.3, -0.25) is 4.79 Å². The Kier molecular flexibility index (Phi) is 6.10. The van der Waals surface area contributed by atoms with Crippen molar-refractivity contribution in [2.45, 2.75) is 13.0 Å². The smallest absolute Gasteiger partial charge is 0.350 e. The van der Waals surface area contributed by atoms with Crippen LogP contribution < -0.4 is 10.1 Å². The molecule has 0 spiro atoms. The zero-order valence-corrected chi connectivity index (χ0v) is 15.3. The van der Waals surface area contributed by atoms with Gasteiger partial charge >= 0.3 is 5.97 Å². The molecule has 1 atom stereocenters. The maximum Gasteiger partial charge on any atom is 0.350 e. The maximum atomic E-state index is 12.3. The highest BCUT2D eigenvalue weighted by molar-refractivity contribution is 7.22. The lowest BCUT2D eigenvalue weighted by atomic mass is 10.2. The number of carbonyl (C=O) groups excluding carboxylic acids is 2. The van der Waals surface area contributed by atoms with Crippen LogP contribution in [-0.4, -0.2) is 31.6 Å². The molecule has 0 saturated heterocycles. The van der Waals surface area contributed by atoms with Crippen molar-refractivity contribution in [2.75, 3.05) is 13.7 Å². The minimum absolute atomic E-state index is 0.185. The summed E-state index contributed by atoms with van der Waals surface area (Å²) in [4.78, 5) is 24.3. The van der Waals surface area contributed by atoms with Gasteiger partial charge in [0.2, 0.25) is 0 Å². The van der Waals surface area contributed by atoms with Crippen molar-refractivity contribution in [1.82, 2.24) is 5.32 Å². The van der Waals surface area contributed by atoms with E-state index in [-0.39, 0.29) is 9.90 Å². The molecule has 0 unspecified atom stereocenters. The Labute approximate surface area is 153 Å². The fourth-order valence-corrected chi connectivity index (χ4v) is 3.72. The Bertz CT molecular complexity index is 803. The Morgan fingerprint density at radius 2 is 2.08 bits per heavy atom. The van der Waals surface area contributed by atoms with E-state index in [2.05, 4.69) is 11.9 Å². The summed E-state index contributed by atoms with van der Waals surface area (Å²) in [5.41, 5.74) is 0. The van der Waals surface area contributed by atoms with E-state index in [9.17, 15) is 9.59 Å². The van der Waals surface area contributed by atoms with E-state index in [1.807, 2.05) is 0 Å². The molecule has 1 aromatic heterocycles. The molecule has 0 fully saturated rings. The molecule has 0 radical (unpaired) electrons. The number of ether oxygens (including phenoxy) is 2. The Hall–Kier alpha value is -1.76. The van der Waals surface area contributed by atoms with Crippen LogP contribution in [0.5, 0.6) is 5.75 Å². The van der Waals surface area contributed by atoms with Crippen LogP contribution in [0.25, 0.3) is 10.1 Å². The molecule has 2 rings (SSSR count). The van der Waals surface area contributed by atoms with Crippen molar-refractivity contribution >= 4 is 56.5 Å². The molecule has 8 heteroatoms. The van der Waals surface area contributed by atoms with Crippen LogP contribution in [0.1, 0.15) is 16.6 Å². The standard InChI is InChI=1S/C16H15Cl2NO4S/c1-4-7-19-15(20)8(2)23-16(21)14-11(17)9-5-6-10(22-3)12(18)13(9)24-14/h4-6,8H,1,7H2,2-3H3,(H,19,20)/t8-/m1/s1. The largest absolute Gasteiger partial charge is 0.495 e. The molecule has 0 aliphatic carbocycles. The molecule has 0 saturated carbocycles. The summed E-state index contributed by atoms with van der Waals surface area (Å²) in [7, 11) is 1.50. The number of nitrogens with one attached hydrogen (secondary N) is 1. The van der Waals surface area contributed by atoms with Gasteiger partial charge in [0.15, 0.2) is 6.10 Å². The topological polar surface area (TPSA) is 64.6 Å². The van der Waals surface area contributed by atoms with Gasteiger partial charge in [-0.05, 0) is 19.1 Å². The van der Waals surface area contributed by atoms with Crippen LogP contribution in [0.15, 0.2) is 24.8 Å². The summed E-state index contributed by atoms with van der Waals surface area (Å²) in [6.07, 6.45) is 0.578. The first-order valence-corrected chi connectivity index (χ1v) is 8.52. The molecule has 24 heavy (non-hydrogen) atoms. The van der Waals surface area contributed by atoms with Gasteiger partial charge in [0.1, 0.15) is 15.6 Å². The number of amides is 1. The Morgan fingerprint density at radius 3 is 2.71 bits per heavy atom. The number of methoxy groups -OCH3 is 1. The van der Waals surface area contributed by atoms with Crippen molar-refractivity contribution in [3.63, 3.8) is 0 Å². The second-order valence-electron chi connectivity index (χ2n) is 4.79. The van der Waals surface area contributed by atoms with Crippen molar-refractivity contribution in [1.29, 1.82) is 0 Å². The third-order valence-electron chi connectivity index (χ3n) is 3.18. The monoisotopic (exact) mass is 387 g/mol. The van der Waals surface area contributed by atoms with Gasteiger partial charge in [-0.15, -0.1) is 17.9 Å². The molecule has 0 aliphatic rings. The predicted octanol–water partition coefficient (Wildman–Crippen LogP) is 4.06. The highest BCUT2D eigenvalue weighted by Gasteiger charge is 2.24. The first kappa shape index (κ1) is 18.6. The molecule has 1 N–H and O–H groups in total. The average molecular weight is 388 g/mol. The lowest BCUT2D eigenvalue weighted by Crippen LogP contribution is -2.35. The molecule has 0 bridgehead atoms. The quantitative estimate of drug-likeness (QED) is 0.599. The number of carbonyl (C=O) groups is 2. The minimum Gasteiger partial charge on any atom is -0.495 e. The number of fused-ring (bicyclic) bond motifs is 1. The summed E-state index contributed by atoms with van der Waals surface area (Å²) in [5.74, 6) is -0.614. The fraction of sp³-hybridized carbons (Fsp3) is 0.250. The first-order valence-electron chi connectivity index (χ1n) is 6.94. The highest BCUT2D eigenvalue weighted by Crippen LogP contribution is 2.43. The van der Waals surface area contributed by atoms with Crippen LogP contribution >= 0.6 is 34.5 Å². The molecule has 1 aromatic carbocycles. The van der Waals surface area contributed by atoms with Crippen molar-refractivity contribution in [2.24, 2.45) is 0 Å². The number of halogens is 2. The number of thiophene rings is 1. The maximum absolute atomic E-state index is 12.3. The van der Waals surface area contributed by atoms with Crippen LogP contribution in [0.3, 0.4) is 0 Å². The van der Waals surface area contributed by atoms with E-state index in [1.54, 1.807) is 12.1 Å². The van der Waals surface area contributed by atoms with Gasteiger partial charge < -0.3 is 14.8 Å². The fourth-order valence-electron chi connectivity index (χ4n) is 1.95. The molecule has 128 valence electrons. The molecule has 2 aromatic rings. The first-order chi connectivity index (χ1) is 11.4. The summed E-state index contributed by atoms with van der Waals surface area (Å²) in [5, 5.41) is 3.79. The van der Waals surface area contributed by atoms with E-state index in [1.165, 1.54) is 20.1 Å². The van der Waals surface area contributed by atoms with Gasteiger partial charge in [-0.25, -0.2) is 4.79 Å². The third kappa shape index (κ3) is 3.66. The summed E-state index contributed by atoms with van der Waals surface area (Å²) >= 11 is 13.6. The number of rotatable bonds is 6. The number of hydrogen-bond acceptors (Lipinski definition) is 5. The van der Waals surface area contributed by atoms with Crippen LogP contribution in [-0.2, 0) is 9.53 Å². The Morgan fingerprint density at radius 1 is 1.38 bits per heavy atom. The molecule has 5 nitrogen and oxygen atoms in total. The van der Waals surface area contributed by atoms with Crippen molar-refractivity contribution in [3.8, 4) is 5.75 Å². The van der Waals surface area contributed by atoms with E-state index in [4.69, 9.17) is 32.7 Å². The molecule has 1 heterocycles. The van der Waals surface area contributed by atoms with E-state index in [0.717, 1.165) is 11.3 Å². The average Bonchev–Trinajstić information content (AvgIpc) is 2.91. The minimum atomic E-state index is -0.955. The molecule has 1 amide bonds. The van der Waals surface area contributed by atoms with E-state index >= 15 is 0 Å². The van der Waals surface area contributed by atoms with E-state index in [0.29, 0.717) is 27.4 Å². The molecular weight excluding hydrogens is 373 g/mol. The van der Waals surface area contributed by atoms with Gasteiger partial charge in [-0.1, -0.05) is 29.3 Å². The number of hydrogen-bond donors (Lipinski definition) is 1. The van der Waals surface area contributed by atoms with Crippen molar-refractivity contribution < 1.29 is 19.1 Å². The normalized spacial score (nSPS) is 11.8. The lowest BCUT2D eigenvalue weighted by Gasteiger charge is -2.12. The van der Waals surface area contributed by atoms with Crippen LogP contribution in [0.4, 0.5) is 0 Å². The van der Waals surface area contributed by atoms with Crippen molar-refractivity contribution in [3.05, 3.63) is 39.7 Å². The third-order valence-corrected chi connectivity index (χ3v) is 5.38. The second kappa shape index (κ2) is 7.88. The molecular formula is C16H15Cl2NO4S. The lowest BCUT2D eigenvalue weighted by molar-refractivity contribution is -0.128.